The van der Waals surface area contributed by atoms with Crippen LogP contribution < -0.4 is 10.6 Å². The van der Waals surface area contributed by atoms with Gasteiger partial charge in [0.15, 0.2) is 5.72 Å². The van der Waals surface area contributed by atoms with Gasteiger partial charge in [-0.1, -0.05) is 33.1 Å². The minimum Gasteiger partial charge on any atom is -0.442 e. The lowest BCUT2D eigenvalue weighted by molar-refractivity contribution is -0.164. The van der Waals surface area contributed by atoms with Crippen LogP contribution in [-0.4, -0.2) is 30.8 Å². The van der Waals surface area contributed by atoms with Crippen LogP contribution in [0.15, 0.2) is 0 Å². The lowest BCUT2D eigenvalue weighted by Crippen LogP contribution is -2.52. The van der Waals surface area contributed by atoms with E-state index in [1.54, 1.807) is 0 Å². The van der Waals surface area contributed by atoms with Crippen LogP contribution in [0.5, 0.6) is 0 Å². The van der Waals surface area contributed by atoms with E-state index in [-0.39, 0.29) is 11.9 Å². The van der Waals surface area contributed by atoms with Crippen molar-refractivity contribution in [3.8, 4) is 0 Å². The van der Waals surface area contributed by atoms with Crippen molar-refractivity contribution in [2.75, 3.05) is 13.1 Å². The average Bonchev–Trinajstić information content (AvgIpc) is 2.88. The zero-order valence-electron chi connectivity index (χ0n) is 10.9. The molecule has 3 unspecified atom stereocenters. The molecule has 0 saturated carbocycles. The van der Waals surface area contributed by atoms with Crippen LogP contribution in [0.25, 0.3) is 0 Å². The highest BCUT2D eigenvalue weighted by Gasteiger charge is 2.48. The van der Waals surface area contributed by atoms with Gasteiger partial charge in [0.25, 0.3) is 0 Å². The molecule has 0 spiro atoms. The first-order valence-corrected chi connectivity index (χ1v) is 6.86. The number of nitrogens with one attached hydrogen (secondary N) is 2. The Labute approximate surface area is 103 Å². The standard InChI is InChI=1S/C13H24N2O2/c1-3-4-5-6-10(2)12(16)17-13-7-11(8-15-13)14-9-13/h10-11,14-15H,3-9H2,1-2H3. The predicted molar refractivity (Wildman–Crippen MR) is 66.5 cm³/mol. The first-order chi connectivity index (χ1) is 8.15. The highest BCUT2D eigenvalue weighted by Crippen LogP contribution is 2.28. The maximum atomic E-state index is 12.0. The van der Waals surface area contributed by atoms with Gasteiger partial charge in [0.1, 0.15) is 0 Å². The Kier molecular flexibility index (Phi) is 4.05. The van der Waals surface area contributed by atoms with Gasteiger partial charge in [-0.2, -0.15) is 0 Å². The van der Waals surface area contributed by atoms with E-state index in [9.17, 15) is 4.79 Å². The summed E-state index contributed by atoms with van der Waals surface area (Å²) < 4.78 is 5.67. The number of unbranched alkanes of at least 4 members (excludes halogenated alkanes) is 2. The summed E-state index contributed by atoms with van der Waals surface area (Å²) in [4.78, 5) is 12.0. The van der Waals surface area contributed by atoms with Gasteiger partial charge in [0.2, 0.25) is 0 Å². The van der Waals surface area contributed by atoms with Gasteiger partial charge in [0, 0.05) is 25.6 Å². The Morgan fingerprint density at radius 1 is 1.53 bits per heavy atom. The fraction of sp³-hybridized carbons (Fsp3) is 0.923. The molecule has 0 aromatic rings. The summed E-state index contributed by atoms with van der Waals surface area (Å²) in [6.45, 7) is 5.82. The van der Waals surface area contributed by atoms with E-state index in [0.717, 1.165) is 32.4 Å². The maximum Gasteiger partial charge on any atom is 0.310 e. The Morgan fingerprint density at radius 3 is 2.88 bits per heavy atom. The van der Waals surface area contributed by atoms with Gasteiger partial charge in [-0.05, 0) is 6.42 Å². The number of carbonyl (C=O) groups excluding carboxylic acids is 1. The third-order valence-electron chi connectivity index (χ3n) is 3.86. The second kappa shape index (κ2) is 5.36. The van der Waals surface area contributed by atoms with Gasteiger partial charge < -0.3 is 10.1 Å². The van der Waals surface area contributed by atoms with Crippen molar-refractivity contribution < 1.29 is 9.53 Å². The molecule has 2 aliphatic heterocycles. The summed E-state index contributed by atoms with van der Waals surface area (Å²) in [5, 5.41) is 6.67. The van der Waals surface area contributed by atoms with E-state index in [4.69, 9.17) is 4.74 Å². The Balaban J connectivity index is 1.76. The van der Waals surface area contributed by atoms with E-state index in [2.05, 4.69) is 17.6 Å². The van der Waals surface area contributed by atoms with E-state index in [1.165, 1.54) is 12.8 Å². The molecule has 2 aliphatic rings. The SMILES string of the molecule is CCCCCC(C)C(=O)OC12CNC(CN1)C2. The minimum absolute atomic E-state index is 0.0253. The molecule has 3 atom stereocenters. The summed E-state index contributed by atoms with van der Waals surface area (Å²) in [6, 6.07) is 0.484. The van der Waals surface area contributed by atoms with E-state index >= 15 is 0 Å². The van der Waals surface area contributed by atoms with E-state index < -0.39 is 5.72 Å². The van der Waals surface area contributed by atoms with Crippen molar-refractivity contribution in [1.29, 1.82) is 0 Å². The molecular formula is C13H24N2O2. The van der Waals surface area contributed by atoms with Crippen LogP contribution in [-0.2, 0) is 9.53 Å². The molecular weight excluding hydrogens is 216 g/mol. The number of ether oxygens (including phenoxy) is 1. The number of hydrogen-bond donors (Lipinski definition) is 2. The predicted octanol–water partition coefficient (Wildman–Crippen LogP) is 1.41. The molecule has 0 aliphatic carbocycles. The largest absolute Gasteiger partial charge is 0.442 e. The van der Waals surface area contributed by atoms with E-state index in [0.29, 0.717) is 6.04 Å². The molecule has 2 fully saturated rings. The summed E-state index contributed by atoms with van der Waals surface area (Å²) in [5.41, 5.74) is -0.402. The van der Waals surface area contributed by atoms with Gasteiger partial charge in [0.05, 0.1) is 5.92 Å². The lowest BCUT2D eigenvalue weighted by Gasteiger charge is -2.28. The first kappa shape index (κ1) is 12.8. The quantitative estimate of drug-likeness (QED) is 0.544. The highest BCUT2D eigenvalue weighted by atomic mass is 16.6. The Hall–Kier alpha value is -0.610. The molecule has 2 bridgehead atoms. The van der Waals surface area contributed by atoms with Crippen LogP contribution >= 0.6 is 0 Å². The topological polar surface area (TPSA) is 50.4 Å². The first-order valence-electron chi connectivity index (χ1n) is 6.86. The summed E-state index contributed by atoms with van der Waals surface area (Å²) in [7, 11) is 0. The van der Waals surface area contributed by atoms with Crippen LogP contribution in [0, 0.1) is 5.92 Å². The molecule has 0 radical (unpaired) electrons. The second-order valence-corrected chi connectivity index (χ2v) is 5.48. The normalized spacial score (nSPS) is 32.7. The lowest BCUT2D eigenvalue weighted by atomic mass is 10.0. The monoisotopic (exact) mass is 240 g/mol. The molecule has 2 saturated heterocycles. The third-order valence-corrected chi connectivity index (χ3v) is 3.86. The fourth-order valence-corrected chi connectivity index (χ4v) is 2.67. The molecule has 2 rings (SSSR count). The third kappa shape index (κ3) is 2.99. The smallest absolute Gasteiger partial charge is 0.310 e. The van der Waals surface area contributed by atoms with Crippen LogP contribution in [0.4, 0.5) is 0 Å². The fourth-order valence-electron chi connectivity index (χ4n) is 2.67. The Bertz CT molecular complexity index is 273. The summed E-state index contributed by atoms with van der Waals surface area (Å²) >= 11 is 0. The summed E-state index contributed by atoms with van der Waals surface area (Å²) in [6.07, 6.45) is 5.37. The van der Waals surface area contributed by atoms with E-state index in [1.807, 2.05) is 6.92 Å². The van der Waals surface area contributed by atoms with Crippen molar-refractivity contribution >= 4 is 5.97 Å². The second-order valence-electron chi connectivity index (χ2n) is 5.48. The molecule has 0 amide bonds. The van der Waals surface area contributed by atoms with Crippen LogP contribution in [0.2, 0.25) is 0 Å². The molecule has 0 aromatic heterocycles. The average molecular weight is 240 g/mol. The number of piperazine rings is 1. The number of rotatable bonds is 6. The van der Waals surface area contributed by atoms with Gasteiger partial charge in [-0.25, -0.2) is 0 Å². The Morgan fingerprint density at radius 2 is 2.35 bits per heavy atom. The number of esters is 1. The van der Waals surface area contributed by atoms with Crippen molar-refractivity contribution in [2.24, 2.45) is 5.92 Å². The van der Waals surface area contributed by atoms with Crippen molar-refractivity contribution in [3.05, 3.63) is 0 Å². The van der Waals surface area contributed by atoms with Gasteiger partial charge in [-0.3, -0.25) is 10.1 Å². The van der Waals surface area contributed by atoms with Crippen LogP contribution in [0.1, 0.15) is 46.0 Å². The van der Waals surface area contributed by atoms with Crippen LogP contribution in [0.3, 0.4) is 0 Å². The molecule has 0 aromatic carbocycles. The number of fused-ring (bicyclic) bond motifs is 2. The zero-order valence-corrected chi connectivity index (χ0v) is 10.9. The highest BCUT2D eigenvalue weighted by molar-refractivity contribution is 5.72. The number of carbonyl (C=O) groups is 1. The molecule has 2 heterocycles. The van der Waals surface area contributed by atoms with Crippen molar-refractivity contribution in [1.82, 2.24) is 10.6 Å². The number of hydrogen-bond acceptors (Lipinski definition) is 4. The summed E-state index contributed by atoms with van der Waals surface area (Å²) in [5.74, 6) is -0.0182. The molecule has 98 valence electrons. The van der Waals surface area contributed by atoms with Gasteiger partial charge in [-0.15, -0.1) is 0 Å². The molecule has 17 heavy (non-hydrogen) atoms. The zero-order chi connectivity index (χ0) is 12.3. The molecule has 4 nitrogen and oxygen atoms in total. The maximum absolute atomic E-state index is 12.0. The van der Waals surface area contributed by atoms with Crippen molar-refractivity contribution in [2.45, 2.75) is 57.7 Å². The molecule has 2 N–H and O–H groups in total. The van der Waals surface area contributed by atoms with Gasteiger partial charge >= 0.3 is 5.97 Å². The molecule has 4 heteroatoms. The minimum atomic E-state index is -0.402. The van der Waals surface area contributed by atoms with Crippen molar-refractivity contribution in [3.63, 3.8) is 0 Å².